The number of nitrogens with zero attached hydrogens (tertiary/aromatic N) is 3. The van der Waals surface area contributed by atoms with Gasteiger partial charge >= 0.3 is 6.18 Å². The van der Waals surface area contributed by atoms with E-state index in [1.807, 2.05) is 0 Å². The van der Waals surface area contributed by atoms with Crippen molar-refractivity contribution in [2.75, 3.05) is 5.32 Å². The van der Waals surface area contributed by atoms with Gasteiger partial charge in [0.2, 0.25) is 0 Å². The third-order valence-electron chi connectivity index (χ3n) is 3.88. The van der Waals surface area contributed by atoms with Crippen molar-refractivity contribution >= 4 is 56.1 Å². The van der Waals surface area contributed by atoms with Gasteiger partial charge in [0.05, 0.1) is 14.9 Å². The van der Waals surface area contributed by atoms with Gasteiger partial charge in [-0.25, -0.2) is 9.50 Å². The first-order valence-corrected chi connectivity index (χ1v) is 10.00. The highest BCUT2D eigenvalue weighted by Crippen LogP contribution is 2.35. The summed E-state index contributed by atoms with van der Waals surface area (Å²) in [5.41, 5.74) is -0.744. The highest BCUT2D eigenvalue weighted by Gasteiger charge is 2.35. The number of amides is 1. The van der Waals surface area contributed by atoms with Crippen LogP contribution in [0.4, 0.5) is 18.9 Å². The topological polar surface area (TPSA) is 59.3 Å². The van der Waals surface area contributed by atoms with Crippen molar-refractivity contribution in [2.24, 2.45) is 0 Å². The first kappa shape index (κ1) is 19.9. The fourth-order valence-electron chi connectivity index (χ4n) is 2.59. The molecular weight excluding hydrogens is 493 g/mol. The second-order valence-electron chi connectivity index (χ2n) is 5.89. The minimum atomic E-state index is -4.69. The Bertz CT molecular complexity index is 1220. The zero-order valence-corrected chi connectivity index (χ0v) is 17.3. The number of halogens is 5. The van der Waals surface area contributed by atoms with Crippen LogP contribution in [0.25, 0.3) is 16.2 Å². The van der Waals surface area contributed by atoms with Crippen LogP contribution in [-0.4, -0.2) is 20.5 Å². The Balaban J connectivity index is 1.77. The van der Waals surface area contributed by atoms with E-state index in [0.717, 1.165) is 21.9 Å². The number of hydrogen-bond donors (Lipinski definition) is 1. The zero-order chi connectivity index (χ0) is 20.8. The molecule has 4 rings (SSSR count). The summed E-state index contributed by atoms with van der Waals surface area (Å²) in [6, 6.07) is 12.0. The molecule has 3 heterocycles. The van der Waals surface area contributed by atoms with Crippen molar-refractivity contribution in [3.63, 3.8) is 0 Å². The second kappa shape index (κ2) is 7.43. The van der Waals surface area contributed by atoms with Crippen molar-refractivity contribution in [1.29, 1.82) is 0 Å². The predicted octanol–water partition coefficient (Wildman–Crippen LogP) is 6.14. The summed E-state index contributed by atoms with van der Waals surface area (Å²) < 4.78 is 42.7. The van der Waals surface area contributed by atoms with Gasteiger partial charge in [0, 0.05) is 16.2 Å². The fraction of sp³-hybridized carbons (Fsp3) is 0.0556. The Labute approximate surface area is 179 Å². The molecule has 1 N–H and O–H groups in total. The van der Waals surface area contributed by atoms with Crippen molar-refractivity contribution in [1.82, 2.24) is 14.6 Å². The molecule has 1 amide bonds. The van der Waals surface area contributed by atoms with Gasteiger partial charge in [-0.05, 0) is 42.5 Å². The molecule has 29 heavy (non-hydrogen) atoms. The smallest absolute Gasteiger partial charge is 0.321 e. The molecule has 0 aliphatic carbocycles. The lowest BCUT2D eigenvalue weighted by molar-refractivity contribution is -0.142. The fourth-order valence-corrected chi connectivity index (χ4v) is 3.86. The van der Waals surface area contributed by atoms with E-state index in [2.05, 4.69) is 31.3 Å². The molecule has 0 aliphatic rings. The number of carbonyl (C=O) groups excluding carboxylic acids is 1. The Hall–Kier alpha value is -2.43. The highest BCUT2D eigenvalue weighted by atomic mass is 79.9. The Morgan fingerprint density at radius 2 is 1.86 bits per heavy atom. The lowest BCUT2D eigenvalue weighted by Gasteiger charge is -2.10. The number of hydrogen-bond acceptors (Lipinski definition) is 4. The summed E-state index contributed by atoms with van der Waals surface area (Å²) in [6.07, 6.45) is -4.69. The number of carbonyl (C=O) groups is 1. The molecule has 0 aliphatic heterocycles. The van der Waals surface area contributed by atoms with Crippen molar-refractivity contribution < 1.29 is 18.0 Å². The summed E-state index contributed by atoms with van der Waals surface area (Å²) in [4.78, 5) is 17.2. The monoisotopic (exact) mass is 500 g/mol. The van der Waals surface area contributed by atoms with Crippen LogP contribution >= 0.6 is 38.9 Å². The molecule has 5 nitrogen and oxygen atoms in total. The number of thiophene rings is 1. The summed E-state index contributed by atoms with van der Waals surface area (Å²) in [5.74, 6) is -0.647. The first-order valence-electron chi connectivity index (χ1n) is 8.01. The Kier molecular flexibility index (Phi) is 5.09. The SMILES string of the molecule is O=C(Nc1ccc(Br)cc1)c1cc2nc(-c3ccc(Cl)s3)cc(C(F)(F)F)n2n1. The Morgan fingerprint density at radius 1 is 1.14 bits per heavy atom. The second-order valence-corrected chi connectivity index (χ2v) is 8.52. The highest BCUT2D eigenvalue weighted by molar-refractivity contribution is 9.10. The predicted molar refractivity (Wildman–Crippen MR) is 108 cm³/mol. The van der Waals surface area contributed by atoms with E-state index in [-0.39, 0.29) is 17.0 Å². The number of anilines is 1. The van der Waals surface area contributed by atoms with Gasteiger partial charge in [0.25, 0.3) is 5.91 Å². The van der Waals surface area contributed by atoms with E-state index < -0.39 is 17.8 Å². The average molecular weight is 502 g/mol. The van der Waals surface area contributed by atoms with Gasteiger partial charge in [-0.3, -0.25) is 4.79 Å². The van der Waals surface area contributed by atoms with Crippen LogP contribution in [0.3, 0.4) is 0 Å². The lowest BCUT2D eigenvalue weighted by atomic mass is 10.2. The third-order valence-corrected chi connectivity index (χ3v) is 5.66. The lowest BCUT2D eigenvalue weighted by Crippen LogP contribution is -2.15. The zero-order valence-electron chi connectivity index (χ0n) is 14.2. The molecule has 4 aromatic rings. The van der Waals surface area contributed by atoms with Gasteiger partial charge in [0.1, 0.15) is 0 Å². The van der Waals surface area contributed by atoms with Crippen molar-refractivity contribution in [3.8, 4) is 10.6 Å². The quantitative estimate of drug-likeness (QED) is 0.367. The average Bonchev–Trinajstić information content (AvgIpc) is 3.28. The molecule has 3 aromatic heterocycles. The van der Waals surface area contributed by atoms with Gasteiger partial charge in [0.15, 0.2) is 17.0 Å². The number of alkyl halides is 3. The van der Waals surface area contributed by atoms with Crippen molar-refractivity contribution in [3.05, 3.63) is 68.7 Å². The van der Waals surface area contributed by atoms with Crippen LogP contribution in [0.1, 0.15) is 16.2 Å². The third kappa shape index (κ3) is 4.14. The minimum absolute atomic E-state index is 0.0969. The number of benzene rings is 1. The number of aromatic nitrogens is 3. The maximum absolute atomic E-state index is 13.6. The molecule has 0 atom stereocenters. The van der Waals surface area contributed by atoms with Gasteiger partial charge in [-0.2, -0.15) is 18.3 Å². The van der Waals surface area contributed by atoms with Gasteiger partial charge in [-0.1, -0.05) is 27.5 Å². The molecule has 0 saturated heterocycles. The summed E-state index contributed by atoms with van der Waals surface area (Å²) in [6.45, 7) is 0. The molecule has 148 valence electrons. The molecule has 0 unspecified atom stereocenters. The van der Waals surface area contributed by atoms with Crippen LogP contribution in [0.5, 0.6) is 0 Å². The van der Waals surface area contributed by atoms with E-state index in [1.165, 1.54) is 6.07 Å². The molecule has 0 spiro atoms. The van der Waals surface area contributed by atoms with Gasteiger partial charge < -0.3 is 5.32 Å². The number of rotatable bonds is 3. The van der Waals surface area contributed by atoms with Crippen molar-refractivity contribution in [2.45, 2.75) is 6.18 Å². The van der Waals surface area contributed by atoms with E-state index in [1.54, 1.807) is 36.4 Å². The maximum atomic E-state index is 13.6. The van der Waals surface area contributed by atoms with Crippen LogP contribution in [0, 0.1) is 0 Å². The summed E-state index contributed by atoms with van der Waals surface area (Å²) in [5, 5.41) is 6.42. The molecule has 11 heteroatoms. The molecule has 0 radical (unpaired) electrons. The normalized spacial score (nSPS) is 11.8. The molecule has 0 bridgehead atoms. The van der Waals surface area contributed by atoms with Crippen LogP contribution < -0.4 is 5.32 Å². The van der Waals surface area contributed by atoms with E-state index in [4.69, 9.17) is 11.6 Å². The molecular formula is C18H9BrClF3N4OS. The first-order chi connectivity index (χ1) is 13.7. The molecule has 0 saturated carbocycles. The van der Waals surface area contributed by atoms with E-state index in [0.29, 0.717) is 19.4 Å². The summed E-state index contributed by atoms with van der Waals surface area (Å²) >= 11 is 10.3. The van der Waals surface area contributed by atoms with Gasteiger partial charge in [-0.15, -0.1) is 11.3 Å². The number of fused-ring (bicyclic) bond motifs is 1. The molecule has 0 fully saturated rings. The van der Waals surface area contributed by atoms with Crippen LogP contribution in [0.2, 0.25) is 4.34 Å². The van der Waals surface area contributed by atoms with E-state index >= 15 is 0 Å². The standard InChI is InChI=1S/C18H9BrClF3N4OS/c19-9-1-3-10(4-2-9)24-17(28)12-8-16-25-11(13-5-6-15(20)29-13)7-14(18(21,22)23)27(16)26-12/h1-8H,(H,24,28). The van der Waals surface area contributed by atoms with Crippen LogP contribution in [-0.2, 0) is 6.18 Å². The molecule has 1 aromatic carbocycles. The summed E-state index contributed by atoms with van der Waals surface area (Å²) in [7, 11) is 0. The van der Waals surface area contributed by atoms with E-state index in [9.17, 15) is 18.0 Å². The largest absolute Gasteiger partial charge is 0.433 e. The maximum Gasteiger partial charge on any atom is 0.433 e. The minimum Gasteiger partial charge on any atom is -0.321 e. The Morgan fingerprint density at radius 3 is 2.48 bits per heavy atom. The number of nitrogens with one attached hydrogen (secondary N) is 1. The van der Waals surface area contributed by atoms with Crippen LogP contribution in [0.15, 0.2) is 53.0 Å².